The van der Waals surface area contributed by atoms with Crippen molar-refractivity contribution in [2.45, 2.75) is 26.7 Å². The number of thiazole rings is 1. The summed E-state index contributed by atoms with van der Waals surface area (Å²) in [5.74, 6) is 0.524. The van der Waals surface area contributed by atoms with E-state index in [0.29, 0.717) is 28.7 Å². The van der Waals surface area contributed by atoms with Gasteiger partial charge in [-0.2, -0.15) is 5.10 Å². The predicted octanol–water partition coefficient (Wildman–Crippen LogP) is 2.84. The molecule has 122 valence electrons. The Hall–Kier alpha value is -2.41. The number of hydrogen-bond donors (Lipinski definition) is 2. The molecule has 0 unspecified atom stereocenters. The first-order chi connectivity index (χ1) is 11.1. The summed E-state index contributed by atoms with van der Waals surface area (Å²) in [5.41, 5.74) is 9.70. The van der Waals surface area contributed by atoms with Crippen molar-refractivity contribution in [2.24, 2.45) is 5.10 Å². The van der Waals surface area contributed by atoms with E-state index in [1.807, 2.05) is 31.2 Å². The van der Waals surface area contributed by atoms with Gasteiger partial charge in [0.05, 0.1) is 18.5 Å². The van der Waals surface area contributed by atoms with Crippen LogP contribution in [0.1, 0.15) is 41.2 Å². The van der Waals surface area contributed by atoms with Crippen LogP contribution in [-0.2, 0) is 6.42 Å². The third kappa shape index (κ3) is 4.79. The van der Waals surface area contributed by atoms with Gasteiger partial charge in [0.15, 0.2) is 5.13 Å². The van der Waals surface area contributed by atoms with Crippen LogP contribution >= 0.6 is 11.3 Å². The van der Waals surface area contributed by atoms with Crippen LogP contribution in [0.15, 0.2) is 29.4 Å². The molecule has 0 saturated heterocycles. The molecule has 0 aliphatic carbocycles. The minimum Gasteiger partial charge on any atom is -0.494 e. The number of nitrogen functional groups attached to an aromatic ring is 1. The number of hydrogen-bond acceptors (Lipinski definition) is 6. The van der Waals surface area contributed by atoms with Crippen LogP contribution in [0.3, 0.4) is 0 Å². The number of nitrogens with two attached hydrogens (primary N) is 1. The van der Waals surface area contributed by atoms with Crippen LogP contribution < -0.4 is 15.9 Å². The van der Waals surface area contributed by atoms with Crippen LogP contribution in [0.5, 0.6) is 5.75 Å². The highest BCUT2D eigenvalue weighted by atomic mass is 32.1. The third-order valence-electron chi connectivity index (χ3n) is 2.99. The van der Waals surface area contributed by atoms with E-state index in [1.54, 1.807) is 6.21 Å². The van der Waals surface area contributed by atoms with Gasteiger partial charge in [-0.15, -0.1) is 0 Å². The molecule has 1 amide bonds. The van der Waals surface area contributed by atoms with Gasteiger partial charge in [-0.05, 0) is 42.7 Å². The summed E-state index contributed by atoms with van der Waals surface area (Å²) in [4.78, 5) is 16.7. The van der Waals surface area contributed by atoms with Crippen LogP contribution in [0.25, 0.3) is 0 Å². The standard InChI is InChI=1S/C16H20N4O2S/c1-3-9-22-12-7-5-11(6-8-12)10-18-20-15(21)14-13(4-2)19-16(17)23-14/h5-8,10H,3-4,9H2,1-2H3,(H2,17,19)(H,20,21). The lowest BCUT2D eigenvalue weighted by molar-refractivity contribution is 0.0958. The highest BCUT2D eigenvalue weighted by Crippen LogP contribution is 2.20. The number of anilines is 1. The van der Waals surface area contributed by atoms with Gasteiger partial charge >= 0.3 is 0 Å². The Morgan fingerprint density at radius 1 is 1.39 bits per heavy atom. The first-order valence-corrected chi connectivity index (χ1v) is 8.27. The summed E-state index contributed by atoms with van der Waals surface area (Å²) >= 11 is 1.17. The molecule has 0 aliphatic heterocycles. The molecule has 0 atom stereocenters. The van der Waals surface area contributed by atoms with Gasteiger partial charge in [0.1, 0.15) is 10.6 Å². The normalized spacial score (nSPS) is 10.9. The zero-order valence-electron chi connectivity index (χ0n) is 13.2. The van der Waals surface area contributed by atoms with E-state index in [1.165, 1.54) is 11.3 Å². The van der Waals surface area contributed by atoms with E-state index >= 15 is 0 Å². The average Bonchev–Trinajstić information content (AvgIpc) is 2.95. The lowest BCUT2D eigenvalue weighted by atomic mass is 10.2. The molecule has 7 heteroatoms. The van der Waals surface area contributed by atoms with Crippen LogP contribution in [-0.4, -0.2) is 23.7 Å². The number of benzene rings is 1. The van der Waals surface area contributed by atoms with E-state index in [0.717, 1.165) is 17.7 Å². The zero-order chi connectivity index (χ0) is 16.7. The van der Waals surface area contributed by atoms with E-state index in [2.05, 4.69) is 22.4 Å². The molecule has 0 aliphatic rings. The molecular formula is C16H20N4O2S. The fourth-order valence-electron chi connectivity index (χ4n) is 1.87. The molecular weight excluding hydrogens is 312 g/mol. The Labute approximate surface area is 139 Å². The van der Waals surface area contributed by atoms with Gasteiger partial charge in [-0.1, -0.05) is 25.2 Å². The minimum absolute atomic E-state index is 0.296. The number of rotatable bonds is 7. The van der Waals surface area contributed by atoms with E-state index in [4.69, 9.17) is 10.5 Å². The molecule has 0 fully saturated rings. The van der Waals surface area contributed by atoms with Gasteiger partial charge in [-0.3, -0.25) is 4.79 Å². The smallest absolute Gasteiger partial charge is 0.283 e. The second-order valence-corrected chi connectivity index (χ2v) is 5.83. The highest BCUT2D eigenvalue weighted by molar-refractivity contribution is 7.17. The number of aryl methyl sites for hydroxylation is 1. The number of carbonyl (C=O) groups excluding carboxylic acids is 1. The number of aromatic nitrogens is 1. The Balaban J connectivity index is 1.94. The van der Waals surface area contributed by atoms with Crippen molar-refractivity contribution in [2.75, 3.05) is 12.3 Å². The van der Waals surface area contributed by atoms with Gasteiger partial charge < -0.3 is 10.5 Å². The summed E-state index contributed by atoms with van der Waals surface area (Å²) in [6.45, 7) is 4.68. The number of nitrogens with zero attached hydrogens (tertiary/aromatic N) is 2. The van der Waals surface area contributed by atoms with Crippen molar-refractivity contribution in [1.82, 2.24) is 10.4 Å². The van der Waals surface area contributed by atoms with E-state index in [-0.39, 0.29) is 5.91 Å². The van der Waals surface area contributed by atoms with E-state index in [9.17, 15) is 4.79 Å². The maximum atomic E-state index is 12.1. The van der Waals surface area contributed by atoms with Gasteiger partial charge in [0, 0.05) is 0 Å². The quantitative estimate of drug-likeness (QED) is 0.602. The molecule has 2 rings (SSSR count). The lowest BCUT2D eigenvalue weighted by Crippen LogP contribution is -2.17. The fraction of sp³-hybridized carbons (Fsp3) is 0.312. The molecule has 1 aromatic carbocycles. The molecule has 0 saturated carbocycles. The summed E-state index contributed by atoms with van der Waals surface area (Å²) in [5, 5.41) is 4.35. The second kappa shape index (κ2) is 8.28. The number of ether oxygens (including phenoxy) is 1. The highest BCUT2D eigenvalue weighted by Gasteiger charge is 2.15. The molecule has 0 bridgehead atoms. The summed E-state index contributed by atoms with van der Waals surface area (Å²) in [7, 11) is 0. The van der Waals surface area contributed by atoms with Gasteiger partial charge in [0.2, 0.25) is 0 Å². The average molecular weight is 332 g/mol. The maximum Gasteiger partial charge on any atom is 0.283 e. The van der Waals surface area contributed by atoms with Crippen molar-refractivity contribution in [1.29, 1.82) is 0 Å². The molecule has 0 radical (unpaired) electrons. The Kier molecular flexibility index (Phi) is 6.10. The Bertz CT molecular complexity index is 680. The van der Waals surface area contributed by atoms with Crippen molar-refractivity contribution in [3.05, 3.63) is 40.4 Å². The van der Waals surface area contributed by atoms with Crippen LogP contribution in [0, 0.1) is 0 Å². The van der Waals surface area contributed by atoms with Crippen molar-refractivity contribution >= 4 is 28.6 Å². The van der Waals surface area contributed by atoms with Crippen LogP contribution in [0.2, 0.25) is 0 Å². The molecule has 2 aromatic rings. The minimum atomic E-state index is -0.296. The molecule has 0 spiro atoms. The van der Waals surface area contributed by atoms with Gasteiger partial charge in [-0.25, -0.2) is 10.4 Å². The molecule has 1 heterocycles. The number of amides is 1. The molecule has 1 aromatic heterocycles. The lowest BCUT2D eigenvalue weighted by Gasteiger charge is -2.03. The van der Waals surface area contributed by atoms with Gasteiger partial charge in [0.25, 0.3) is 5.91 Å². The summed E-state index contributed by atoms with van der Waals surface area (Å²) in [6.07, 6.45) is 3.20. The van der Waals surface area contributed by atoms with Crippen molar-refractivity contribution < 1.29 is 9.53 Å². The third-order valence-corrected chi connectivity index (χ3v) is 3.91. The Morgan fingerprint density at radius 2 is 2.13 bits per heavy atom. The monoisotopic (exact) mass is 332 g/mol. The number of hydrazone groups is 1. The van der Waals surface area contributed by atoms with E-state index < -0.39 is 0 Å². The predicted molar refractivity (Wildman–Crippen MR) is 93.2 cm³/mol. The summed E-state index contributed by atoms with van der Waals surface area (Å²) in [6, 6.07) is 7.50. The maximum absolute atomic E-state index is 12.1. The first kappa shape index (κ1) is 17.0. The summed E-state index contributed by atoms with van der Waals surface area (Å²) < 4.78 is 5.51. The SMILES string of the molecule is CCCOc1ccc(C=NNC(=O)c2sc(N)nc2CC)cc1. The number of nitrogens with one attached hydrogen (secondary N) is 1. The molecule has 6 nitrogen and oxygen atoms in total. The first-order valence-electron chi connectivity index (χ1n) is 7.45. The van der Waals surface area contributed by atoms with Crippen molar-refractivity contribution in [3.8, 4) is 5.75 Å². The van der Waals surface area contributed by atoms with Crippen molar-refractivity contribution in [3.63, 3.8) is 0 Å². The number of carbonyl (C=O) groups is 1. The fourth-order valence-corrected chi connectivity index (χ4v) is 2.68. The second-order valence-electron chi connectivity index (χ2n) is 4.80. The molecule has 3 N–H and O–H groups in total. The van der Waals surface area contributed by atoms with Crippen LogP contribution in [0.4, 0.5) is 5.13 Å². The topological polar surface area (TPSA) is 89.6 Å². The largest absolute Gasteiger partial charge is 0.494 e. The Morgan fingerprint density at radius 3 is 2.78 bits per heavy atom. The zero-order valence-corrected chi connectivity index (χ0v) is 14.0. The molecule has 23 heavy (non-hydrogen) atoms.